The third-order valence-electron chi connectivity index (χ3n) is 4.68. The van der Waals surface area contributed by atoms with Crippen molar-refractivity contribution in [2.24, 2.45) is 0 Å². The Balaban J connectivity index is 1.63. The molecular weight excluding hydrogens is 383 g/mol. The Bertz CT molecular complexity index is 1010. The minimum absolute atomic E-state index is 0.0352. The highest BCUT2D eigenvalue weighted by Crippen LogP contribution is 2.26. The van der Waals surface area contributed by atoms with E-state index >= 15 is 0 Å². The van der Waals surface area contributed by atoms with Crippen molar-refractivity contribution >= 4 is 5.97 Å². The van der Waals surface area contributed by atoms with Gasteiger partial charge in [0, 0.05) is 6.42 Å². The van der Waals surface area contributed by atoms with Gasteiger partial charge in [-0.25, -0.2) is 4.39 Å². The number of carboxylic acid groups (broad SMARTS) is 1. The van der Waals surface area contributed by atoms with E-state index in [4.69, 9.17) is 14.6 Å². The molecule has 5 heteroatoms. The minimum Gasteiger partial charge on any atom is -0.486 e. The Morgan fingerprint density at radius 2 is 1.70 bits per heavy atom. The van der Waals surface area contributed by atoms with Gasteiger partial charge in [-0.15, -0.1) is 0 Å². The van der Waals surface area contributed by atoms with Crippen LogP contribution in [0.2, 0.25) is 0 Å². The van der Waals surface area contributed by atoms with Crippen LogP contribution in [-0.4, -0.2) is 11.1 Å². The Hall–Kier alpha value is -3.34. The summed E-state index contributed by atoms with van der Waals surface area (Å²) in [5.41, 5.74) is 2.68. The molecule has 0 aromatic heterocycles. The van der Waals surface area contributed by atoms with E-state index in [2.05, 4.69) is 19.9 Å². The molecule has 0 radical (unpaired) electrons. The highest BCUT2D eigenvalue weighted by atomic mass is 19.1. The average molecular weight is 408 g/mol. The molecule has 156 valence electrons. The van der Waals surface area contributed by atoms with Crippen LogP contribution in [0.4, 0.5) is 4.39 Å². The van der Waals surface area contributed by atoms with Gasteiger partial charge in [0.25, 0.3) is 0 Å². The lowest BCUT2D eigenvalue weighted by Gasteiger charge is -2.12. The summed E-state index contributed by atoms with van der Waals surface area (Å²) in [4.78, 5) is 10.6. The van der Waals surface area contributed by atoms with Crippen molar-refractivity contribution in [2.75, 3.05) is 0 Å². The Kier molecular flexibility index (Phi) is 7.07. The molecule has 0 aliphatic carbocycles. The number of hydrogen-bond acceptors (Lipinski definition) is 3. The van der Waals surface area contributed by atoms with Gasteiger partial charge in [0.1, 0.15) is 18.1 Å². The van der Waals surface area contributed by atoms with Gasteiger partial charge in [0.05, 0.1) is 0 Å². The van der Waals surface area contributed by atoms with Crippen LogP contribution < -0.4 is 9.47 Å². The summed E-state index contributed by atoms with van der Waals surface area (Å²) in [6.45, 7) is 4.46. The Morgan fingerprint density at radius 3 is 2.40 bits per heavy atom. The zero-order chi connectivity index (χ0) is 21.5. The van der Waals surface area contributed by atoms with Crippen LogP contribution in [0.3, 0.4) is 0 Å². The van der Waals surface area contributed by atoms with Crippen molar-refractivity contribution in [2.45, 2.75) is 39.2 Å². The molecule has 0 aliphatic rings. The number of aryl methyl sites for hydroxylation is 1. The molecule has 3 aromatic carbocycles. The van der Waals surface area contributed by atoms with Crippen LogP contribution in [0.1, 0.15) is 42.9 Å². The first-order chi connectivity index (χ1) is 14.4. The standard InChI is InChI=1S/C25H25FO4/c1-17(2)20-6-4-8-22(15-20)30-21-7-3-5-19(13-21)16-29-24-11-9-18(14-23(24)26)10-12-25(27)28/h3-9,11,13-15,17H,10,12,16H2,1-2H3,(H,27,28). The van der Waals surface area contributed by atoms with E-state index in [-0.39, 0.29) is 25.2 Å². The maximum Gasteiger partial charge on any atom is 0.303 e. The SMILES string of the molecule is CC(C)c1cccc(Oc2cccc(COc3ccc(CCC(=O)O)cc3F)c2)c1. The molecule has 30 heavy (non-hydrogen) atoms. The van der Waals surface area contributed by atoms with E-state index in [1.807, 2.05) is 42.5 Å². The zero-order valence-corrected chi connectivity index (χ0v) is 17.1. The predicted molar refractivity (Wildman–Crippen MR) is 114 cm³/mol. The Morgan fingerprint density at radius 1 is 0.967 bits per heavy atom. The lowest BCUT2D eigenvalue weighted by molar-refractivity contribution is -0.136. The van der Waals surface area contributed by atoms with Crippen LogP contribution in [0.5, 0.6) is 17.2 Å². The molecule has 0 unspecified atom stereocenters. The molecule has 3 rings (SSSR count). The molecule has 0 saturated heterocycles. The maximum absolute atomic E-state index is 14.2. The van der Waals surface area contributed by atoms with Gasteiger partial charge < -0.3 is 14.6 Å². The summed E-state index contributed by atoms with van der Waals surface area (Å²) < 4.78 is 25.8. The van der Waals surface area contributed by atoms with E-state index in [0.29, 0.717) is 17.2 Å². The first-order valence-corrected chi connectivity index (χ1v) is 9.90. The summed E-state index contributed by atoms with van der Waals surface area (Å²) in [7, 11) is 0. The molecule has 0 spiro atoms. The lowest BCUT2D eigenvalue weighted by Crippen LogP contribution is -2.00. The van der Waals surface area contributed by atoms with E-state index in [1.54, 1.807) is 6.07 Å². The van der Waals surface area contributed by atoms with Crippen molar-refractivity contribution in [3.05, 3.63) is 89.2 Å². The highest BCUT2D eigenvalue weighted by Gasteiger charge is 2.08. The molecule has 0 amide bonds. The maximum atomic E-state index is 14.2. The first kappa shape index (κ1) is 21.4. The highest BCUT2D eigenvalue weighted by molar-refractivity contribution is 5.67. The second kappa shape index (κ2) is 9.92. The summed E-state index contributed by atoms with van der Waals surface area (Å²) in [6.07, 6.45) is 0.246. The number of rotatable bonds is 9. The molecule has 1 N–H and O–H groups in total. The molecule has 0 atom stereocenters. The number of hydrogen-bond donors (Lipinski definition) is 1. The third-order valence-corrected chi connectivity index (χ3v) is 4.68. The fourth-order valence-electron chi connectivity index (χ4n) is 3.00. The van der Waals surface area contributed by atoms with Gasteiger partial charge in [0.15, 0.2) is 11.6 Å². The molecule has 0 bridgehead atoms. The van der Waals surface area contributed by atoms with Crippen LogP contribution in [0.25, 0.3) is 0 Å². The second-order valence-corrected chi connectivity index (χ2v) is 7.42. The Labute approximate surface area is 175 Å². The summed E-state index contributed by atoms with van der Waals surface area (Å²) in [5.74, 6) is 0.581. The van der Waals surface area contributed by atoms with Crippen LogP contribution in [0.15, 0.2) is 66.7 Å². The van der Waals surface area contributed by atoms with Gasteiger partial charge in [0.2, 0.25) is 0 Å². The molecule has 0 fully saturated rings. The smallest absolute Gasteiger partial charge is 0.303 e. The quantitative estimate of drug-likeness (QED) is 0.449. The van der Waals surface area contributed by atoms with E-state index in [1.165, 1.54) is 17.7 Å². The van der Waals surface area contributed by atoms with E-state index in [0.717, 1.165) is 11.3 Å². The molecule has 0 saturated carbocycles. The van der Waals surface area contributed by atoms with Crippen LogP contribution in [0, 0.1) is 5.82 Å². The van der Waals surface area contributed by atoms with Gasteiger partial charge in [-0.1, -0.05) is 44.2 Å². The van der Waals surface area contributed by atoms with E-state index < -0.39 is 11.8 Å². The van der Waals surface area contributed by atoms with Crippen molar-refractivity contribution in [3.8, 4) is 17.2 Å². The number of halogens is 1. The number of benzene rings is 3. The fraction of sp³-hybridized carbons (Fsp3) is 0.240. The van der Waals surface area contributed by atoms with Gasteiger partial charge in [-0.3, -0.25) is 4.79 Å². The van der Waals surface area contributed by atoms with Gasteiger partial charge in [-0.2, -0.15) is 0 Å². The molecule has 0 aliphatic heterocycles. The normalized spacial score (nSPS) is 10.8. The van der Waals surface area contributed by atoms with Crippen LogP contribution in [-0.2, 0) is 17.8 Å². The summed E-state index contributed by atoms with van der Waals surface area (Å²) in [5, 5.41) is 8.73. The first-order valence-electron chi connectivity index (χ1n) is 9.90. The number of aliphatic carboxylic acids is 1. The lowest BCUT2D eigenvalue weighted by atomic mass is 10.0. The third kappa shape index (κ3) is 6.08. The minimum atomic E-state index is -0.909. The van der Waals surface area contributed by atoms with Crippen molar-refractivity contribution < 1.29 is 23.8 Å². The predicted octanol–water partition coefficient (Wildman–Crippen LogP) is 6.34. The summed E-state index contributed by atoms with van der Waals surface area (Å²) in [6, 6.07) is 20.0. The van der Waals surface area contributed by atoms with Crippen molar-refractivity contribution in [1.82, 2.24) is 0 Å². The molecule has 3 aromatic rings. The van der Waals surface area contributed by atoms with Crippen molar-refractivity contribution in [1.29, 1.82) is 0 Å². The van der Waals surface area contributed by atoms with Crippen LogP contribution >= 0.6 is 0 Å². The molecular formula is C25H25FO4. The average Bonchev–Trinajstić information content (AvgIpc) is 2.72. The fourth-order valence-corrected chi connectivity index (χ4v) is 3.00. The molecule has 0 heterocycles. The van der Waals surface area contributed by atoms with Gasteiger partial charge >= 0.3 is 5.97 Å². The van der Waals surface area contributed by atoms with Gasteiger partial charge in [-0.05, 0) is 65.4 Å². The zero-order valence-electron chi connectivity index (χ0n) is 17.1. The number of carboxylic acids is 1. The number of carbonyl (C=O) groups is 1. The molecule has 4 nitrogen and oxygen atoms in total. The second-order valence-electron chi connectivity index (χ2n) is 7.42. The topological polar surface area (TPSA) is 55.8 Å². The van der Waals surface area contributed by atoms with E-state index in [9.17, 15) is 9.18 Å². The monoisotopic (exact) mass is 408 g/mol. The largest absolute Gasteiger partial charge is 0.486 e. The number of ether oxygens (including phenoxy) is 2. The van der Waals surface area contributed by atoms with Crippen molar-refractivity contribution in [3.63, 3.8) is 0 Å². The summed E-state index contributed by atoms with van der Waals surface area (Å²) >= 11 is 0.